The molecule has 0 bridgehead atoms. The van der Waals surface area contributed by atoms with Gasteiger partial charge in [-0.3, -0.25) is 9.78 Å². The molecule has 1 amide bonds. The smallest absolute Gasteiger partial charge is 0.241 e. The minimum Gasteiger partial charge on any atom is -0.394 e. The first-order chi connectivity index (χ1) is 24.3. The highest BCUT2D eigenvalue weighted by Crippen LogP contribution is 2.49. The van der Waals surface area contributed by atoms with Crippen LogP contribution in [0, 0.1) is 12.3 Å². The number of aliphatic hydroxyl groups is 1. The van der Waals surface area contributed by atoms with Crippen molar-refractivity contribution in [3.63, 3.8) is 0 Å². The molecule has 3 aromatic heterocycles. The van der Waals surface area contributed by atoms with Crippen molar-refractivity contribution in [3.8, 4) is 12.3 Å². The number of nitrogens with zero attached hydrogens (tertiary/aromatic N) is 7. The van der Waals surface area contributed by atoms with Crippen molar-refractivity contribution in [2.75, 3.05) is 88.9 Å². The lowest BCUT2D eigenvalue weighted by atomic mass is 9.75. The van der Waals surface area contributed by atoms with Crippen molar-refractivity contribution >= 4 is 40.0 Å². The third kappa shape index (κ3) is 6.54. The molecule has 4 aliphatic rings. The summed E-state index contributed by atoms with van der Waals surface area (Å²) in [7, 11) is 0. The summed E-state index contributed by atoms with van der Waals surface area (Å²) >= 11 is 6.48. The first kappa shape index (κ1) is 34.9. The zero-order chi connectivity index (χ0) is 34.9. The molecule has 3 saturated heterocycles. The Morgan fingerprint density at radius 2 is 1.72 bits per heavy atom. The third-order valence-electron chi connectivity index (χ3n) is 9.19. The van der Waals surface area contributed by atoms with Crippen LogP contribution in [0.3, 0.4) is 0 Å². The minimum absolute atomic E-state index is 0.0199. The lowest BCUT2D eigenvalue weighted by Gasteiger charge is -2.47. The number of rotatable bonds is 16. The summed E-state index contributed by atoms with van der Waals surface area (Å²) < 4.78 is 41.8. The predicted molar refractivity (Wildman–Crippen MR) is 178 cm³/mol. The highest BCUT2D eigenvalue weighted by Gasteiger charge is 2.59. The maximum Gasteiger partial charge on any atom is 0.241 e. The van der Waals surface area contributed by atoms with E-state index in [2.05, 4.69) is 26.0 Å². The van der Waals surface area contributed by atoms with Crippen LogP contribution in [0.25, 0.3) is 11.0 Å². The number of aliphatic hydroxyl groups excluding tert-OH is 1. The third-order valence-corrected chi connectivity index (χ3v) is 9.36. The number of anilines is 2. The van der Waals surface area contributed by atoms with Gasteiger partial charge in [-0.25, -0.2) is 4.68 Å². The molecule has 50 heavy (non-hydrogen) atoms. The van der Waals surface area contributed by atoms with E-state index in [4.69, 9.17) is 51.2 Å². The van der Waals surface area contributed by atoms with Gasteiger partial charge < -0.3 is 48.1 Å². The Balaban J connectivity index is 0.971. The van der Waals surface area contributed by atoms with Crippen LogP contribution in [-0.2, 0) is 43.4 Å². The van der Waals surface area contributed by atoms with E-state index in [0.29, 0.717) is 82.7 Å². The van der Waals surface area contributed by atoms with Crippen LogP contribution in [0.15, 0.2) is 24.7 Å². The van der Waals surface area contributed by atoms with E-state index >= 15 is 0 Å². The Hall–Kier alpha value is -3.50. The van der Waals surface area contributed by atoms with E-state index in [1.54, 1.807) is 28.2 Å². The molecule has 3 fully saturated rings. The molecule has 3 aromatic rings. The number of terminal acetylenes is 1. The second-order valence-electron chi connectivity index (χ2n) is 12.8. The molecule has 0 aromatic carbocycles. The van der Waals surface area contributed by atoms with Crippen molar-refractivity contribution in [2.24, 2.45) is 0 Å². The fourth-order valence-electron chi connectivity index (χ4n) is 7.02. The normalized spacial score (nSPS) is 24.6. The topological polar surface area (TPSA) is 165 Å². The minimum atomic E-state index is -0.847. The van der Waals surface area contributed by atoms with Gasteiger partial charge in [0.2, 0.25) is 11.2 Å². The fraction of sp³-hybridized carbons (Fsp3) is 0.606. The summed E-state index contributed by atoms with van der Waals surface area (Å²) in [5.41, 5.74) is 1.33. The lowest BCUT2D eigenvalue weighted by molar-refractivity contribution is -0.201. The number of hydrogen-bond donors (Lipinski definition) is 1. The lowest BCUT2D eigenvalue weighted by Crippen LogP contribution is -2.64. The molecule has 1 spiro atoms. The number of halogens is 1. The van der Waals surface area contributed by atoms with E-state index in [1.807, 2.05) is 24.8 Å². The number of pyridine rings is 1. The van der Waals surface area contributed by atoms with E-state index < -0.39 is 35.7 Å². The summed E-state index contributed by atoms with van der Waals surface area (Å²) in [4.78, 5) is 31.2. The summed E-state index contributed by atoms with van der Waals surface area (Å²) in [6, 6.07) is 1.86. The highest BCUT2D eigenvalue weighted by molar-refractivity contribution is 6.28. The molecule has 4 aliphatic heterocycles. The van der Waals surface area contributed by atoms with E-state index in [-0.39, 0.29) is 24.4 Å². The Kier molecular flexibility index (Phi) is 10.2. The van der Waals surface area contributed by atoms with Crippen LogP contribution in [-0.4, -0.2) is 139 Å². The molecular weight excluding hydrogens is 674 g/mol. The van der Waals surface area contributed by atoms with Crippen LogP contribution >= 0.6 is 11.6 Å². The molecule has 7 rings (SSSR count). The Bertz CT molecular complexity index is 1730. The van der Waals surface area contributed by atoms with Gasteiger partial charge in [-0.2, -0.15) is 15.1 Å². The van der Waals surface area contributed by atoms with Crippen LogP contribution in [0.4, 0.5) is 11.5 Å². The highest BCUT2D eigenvalue weighted by atomic mass is 35.5. The molecule has 1 N–H and O–H groups in total. The van der Waals surface area contributed by atoms with Gasteiger partial charge in [0.15, 0.2) is 17.7 Å². The molecular formula is C33H40ClN7O9. The van der Waals surface area contributed by atoms with E-state index in [1.165, 1.54) is 0 Å². The predicted octanol–water partition coefficient (Wildman–Crippen LogP) is 1.09. The Morgan fingerprint density at radius 1 is 1.02 bits per heavy atom. The monoisotopic (exact) mass is 713 g/mol. The van der Waals surface area contributed by atoms with Crippen molar-refractivity contribution in [1.82, 2.24) is 24.7 Å². The number of carbonyl (C=O) groups excluding carboxylic acids is 1. The number of hydrogen-bond acceptors (Lipinski definition) is 14. The van der Waals surface area contributed by atoms with Gasteiger partial charge in [0, 0.05) is 37.6 Å². The van der Waals surface area contributed by atoms with Gasteiger partial charge in [-0.1, -0.05) is 5.92 Å². The van der Waals surface area contributed by atoms with Gasteiger partial charge in [0.1, 0.15) is 36.2 Å². The van der Waals surface area contributed by atoms with Crippen LogP contribution < -0.4 is 9.80 Å². The maximum atomic E-state index is 14.0. The summed E-state index contributed by atoms with van der Waals surface area (Å²) in [6.45, 7) is 7.71. The number of ether oxygens (including phenoxy) is 7. The molecule has 17 heteroatoms. The summed E-state index contributed by atoms with van der Waals surface area (Å²) in [5, 5.41) is 15.2. The average molecular weight is 714 g/mol. The molecule has 0 radical (unpaired) electrons. The SMILES string of the molecule is C#CCOCCOCCOCCOCCN1C(=O)C2(CN(c3nc(Cl)nc4c3cnn4[C@@H]3O[C@H](CO)[C@H]4OC(C)(C)O[C@H]43)C2)c2cnccc21. The molecule has 7 heterocycles. The van der Waals surface area contributed by atoms with Gasteiger partial charge in [0.25, 0.3) is 0 Å². The second-order valence-corrected chi connectivity index (χ2v) is 13.2. The number of fused-ring (bicyclic) bond motifs is 4. The number of carbonyl (C=O) groups is 1. The molecule has 16 nitrogen and oxygen atoms in total. The Labute approximate surface area is 293 Å². The van der Waals surface area contributed by atoms with Crippen molar-refractivity contribution in [1.29, 1.82) is 0 Å². The first-order valence-electron chi connectivity index (χ1n) is 16.5. The van der Waals surface area contributed by atoms with E-state index in [9.17, 15) is 9.90 Å². The second kappa shape index (κ2) is 14.6. The fourth-order valence-corrected chi connectivity index (χ4v) is 7.18. The van der Waals surface area contributed by atoms with E-state index in [0.717, 1.165) is 11.3 Å². The number of aromatic nitrogens is 5. The van der Waals surface area contributed by atoms with Crippen molar-refractivity contribution in [2.45, 2.75) is 49.6 Å². The zero-order valence-corrected chi connectivity index (χ0v) is 28.7. The van der Waals surface area contributed by atoms with Crippen LogP contribution in [0.1, 0.15) is 25.6 Å². The Morgan fingerprint density at radius 3 is 2.44 bits per heavy atom. The molecule has 0 aliphatic carbocycles. The van der Waals surface area contributed by atoms with Crippen molar-refractivity contribution in [3.05, 3.63) is 35.5 Å². The standard InChI is InChI=1S/C33H40ClN7O9/c1-4-8-44-10-12-46-14-15-47-13-11-45-9-7-40-23-5-6-35-17-22(23)33(30(40)43)19-39(20-33)27-21-16-36-41(28(21)38-31(34)37-27)29-26-25(24(18-42)48-29)49-32(2,3)50-26/h1,5-6,16-17,24-26,29,42H,7-15,18-20H2,2-3H3/t24-,25-,26-,29-/m1/s1. The van der Waals surface area contributed by atoms with Gasteiger partial charge >= 0.3 is 0 Å². The number of amides is 1. The summed E-state index contributed by atoms with van der Waals surface area (Å²) in [6.07, 6.45) is 7.94. The van der Waals surface area contributed by atoms with Crippen molar-refractivity contribution < 1.29 is 43.1 Å². The maximum absolute atomic E-state index is 14.0. The molecule has 0 unspecified atom stereocenters. The van der Waals surface area contributed by atoms with Gasteiger partial charge in [-0.05, 0) is 31.5 Å². The van der Waals surface area contributed by atoms with Crippen LogP contribution in [0.2, 0.25) is 5.28 Å². The quantitative estimate of drug-likeness (QED) is 0.127. The van der Waals surface area contributed by atoms with Gasteiger partial charge in [-0.15, -0.1) is 6.42 Å². The average Bonchev–Trinajstić information content (AvgIpc) is 3.80. The van der Waals surface area contributed by atoms with Crippen LogP contribution in [0.5, 0.6) is 0 Å². The molecule has 0 saturated carbocycles. The largest absolute Gasteiger partial charge is 0.394 e. The molecule has 268 valence electrons. The summed E-state index contributed by atoms with van der Waals surface area (Å²) in [5.74, 6) is 2.09. The first-order valence-corrected chi connectivity index (χ1v) is 16.9. The zero-order valence-electron chi connectivity index (χ0n) is 27.9. The van der Waals surface area contributed by atoms with Gasteiger partial charge in [0.05, 0.1) is 70.1 Å². The molecule has 4 atom stereocenters.